The van der Waals surface area contributed by atoms with Gasteiger partial charge in [0.15, 0.2) is 17.3 Å². The summed E-state index contributed by atoms with van der Waals surface area (Å²) >= 11 is 0. The van der Waals surface area contributed by atoms with E-state index >= 15 is 0 Å². The number of rotatable bonds is 7. The van der Waals surface area contributed by atoms with Crippen LogP contribution in [0.15, 0.2) is 65.3 Å². The number of nitrogens with zero attached hydrogens (tertiary/aromatic N) is 2. The van der Waals surface area contributed by atoms with Gasteiger partial charge in [0.1, 0.15) is 23.4 Å². The van der Waals surface area contributed by atoms with Crippen LogP contribution in [0.2, 0.25) is 0 Å². The van der Waals surface area contributed by atoms with E-state index < -0.39 is 5.82 Å². The molecular formula is C24H24FN5O3. The summed E-state index contributed by atoms with van der Waals surface area (Å²) < 4.78 is 25.0. The van der Waals surface area contributed by atoms with Gasteiger partial charge in [0.25, 0.3) is 5.91 Å². The van der Waals surface area contributed by atoms with Crippen molar-refractivity contribution in [2.75, 3.05) is 24.8 Å². The maximum Gasteiger partial charge on any atom is 0.252 e. The normalized spacial score (nSPS) is 13.3. The molecule has 0 aliphatic carbocycles. The van der Waals surface area contributed by atoms with Crippen molar-refractivity contribution in [1.29, 1.82) is 5.26 Å². The summed E-state index contributed by atoms with van der Waals surface area (Å²) in [4.78, 5) is 16.7. The summed E-state index contributed by atoms with van der Waals surface area (Å²) in [5, 5.41) is 18.4. The first-order valence-corrected chi connectivity index (χ1v) is 10.2. The number of nitrogens with one attached hydrogen (secondary N) is 3. The molecule has 0 saturated heterocycles. The molecule has 0 atom stereocenters. The van der Waals surface area contributed by atoms with Crippen LogP contribution in [0.3, 0.4) is 0 Å². The van der Waals surface area contributed by atoms with E-state index in [9.17, 15) is 14.4 Å². The molecule has 2 aromatic rings. The van der Waals surface area contributed by atoms with E-state index in [2.05, 4.69) is 27.0 Å². The molecule has 0 bridgehead atoms. The van der Waals surface area contributed by atoms with E-state index in [0.29, 0.717) is 57.7 Å². The van der Waals surface area contributed by atoms with E-state index in [-0.39, 0.29) is 5.91 Å². The zero-order valence-corrected chi connectivity index (χ0v) is 18.7. The number of pyridine rings is 1. The van der Waals surface area contributed by atoms with Gasteiger partial charge in [0.05, 0.1) is 35.8 Å². The first kappa shape index (κ1) is 23.3. The lowest BCUT2D eigenvalue weighted by Crippen LogP contribution is -2.28. The van der Waals surface area contributed by atoms with E-state index in [0.717, 1.165) is 6.20 Å². The van der Waals surface area contributed by atoms with Crippen LogP contribution in [0.5, 0.6) is 11.5 Å². The Kier molecular flexibility index (Phi) is 7.31. The van der Waals surface area contributed by atoms with Gasteiger partial charge in [-0.15, -0.1) is 0 Å². The fourth-order valence-corrected chi connectivity index (χ4v) is 3.31. The number of nitriles is 1. The minimum absolute atomic E-state index is 0.299. The fourth-order valence-electron chi connectivity index (χ4n) is 3.31. The highest BCUT2D eigenvalue weighted by molar-refractivity contribution is 5.99. The summed E-state index contributed by atoms with van der Waals surface area (Å²) in [7, 11) is 2.98. The van der Waals surface area contributed by atoms with E-state index in [4.69, 9.17) is 9.47 Å². The minimum atomic E-state index is -0.456. The predicted octanol–water partition coefficient (Wildman–Crippen LogP) is 4.22. The third-order valence-electron chi connectivity index (χ3n) is 4.81. The zero-order valence-electron chi connectivity index (χ0n) is 18.7. The summed E-state index contributed by atoms with van der Waals surface area (Å²) in [6, 6.07) is 8.12. The van der Waals surface area contributed by atoms with Gasteiger partial charge in [-0.1, -0.05) is 19.1 Å². The first-order valence-electron chi connectivity index (χ1n) is 10.2. The van der Waals surface area contributed by atoms with Crippen molar-refractivity contribution in [3.63, 3.8) is 0 Å². The molecule has 170 valence electrons. The number of anilines is 2. The lowest BCUT2D eigenvalue weighted by Gasteiger charge is -2.28. The van der Waals surface area contributed by atoms with Gasteiger partial charge in [0, 0.05) is 7.05 Å². The van der Waals surface area contributed by atoms with Crippen LogP contribution in [0.1, 0.15) is 25.8 Å². The Morgan fingerprint density at radius 1 is 1.36 bits per heavy atom. The lowest BCUT2D eigenvalue weighted by molar-refractivity contribution is -0.116. The van der Waals surface area contributed by atoms with Gasteiger partial charge in [-0.2, -0.15) is 5.26 Å². The Bertz CT molecular complexity index is 1190. The highest BCUT2D eigenvalue weighted by Gasteiger charge is 2.30. The number of halogens is 1. The molecule has 3 rings (SSSR count). The highest BCUT2D eigenvalue weighted by Crippen LogP contribution is 2.44. The topological polar surface area (TPSA) is 108 Å². The Balaban J connectivity index is 2.19. The van der Waals surface area contributed by atoms with Crippen LogP contribution < -0.4 is 25.4 Å². The second-order valence-corrected chi connectivity index (χ2v) is 6.86. The number of methoxy groups -OCH3 is 1. The maximum atomic E-state index is 13.3. The average molecular weight is 449 g/mol. The average Bonchev–Trinajstić information content (AvgIpc) is 2.84. The summed E-state index contributed by atoms with van der Waals surface area (Å²) in [6.45, 7) is 3.68. The van der Waals surface area contributed by atoms with E-state index in [1.165, 1.54) is 26.3 Å². The number of benzene rings is 1. The monoisotopic (exact) mass is 449 g/mol. The number of hydrogen-bond donors (Lipinski definition) is 3. The Hall–Kier alpha value is -4.32. The zero-order chi connectivity index (χ0) is 24.0. The number of aromatic nitrogens is 1. The molecular weight excluding hydrogens is 425 g/mol. The van der Waals surface area contributed by atoms with Crippen molar-refractivity contribution in [2.24, 2.45) is 0 Å². The van der Waals surface area contributed by atoms with Gasteiger partial charge in [-0.05, 0) is 37.6 Å². The number of allylic oxidation sites excluding steroid dienone is 2. The van der Waals surface area contributed by atoms with Crippen molar-refractivity contribution in [2.45, 2.75) is 20.3 Å². The molecule has 0 fully saturated rings. The van der Waals surface area contributed by atoms with Crippen LogP contribution >= 0.6 is 0 Å². The molecule has 1 aliphatic rings. The predicted molar refractivity (Wildman–Crippen MR) is 123 cm³/mol. The first-order chi connectivity index (χ1) is 16.0. The van der Waals surface area contributed by atoms with Crippen LogP contribution in [-0.4, -0.2) is 25.0 Å². The molecule has 3 N–H and O–H groups in total. The quantitative estimate of drug-likeness (QED) is 0.543. The third-order valence-corrected chi connectivity index (χ3v) is 4.81. The molecule has 0 radical (unpaired) electrons. The SMILES string of the molecule is C/C=C(/C(=O)NC)C1=C(/C(=C/CC)Nc2ccc(F)cn2)Oc2ccc(C#N)c(OC)c2N1. The van der Waals surface area contributed by atoms with E-state index in [1.54, 1.807) is 25.1 Å². The standard InChI is InChI=1S/C24H24FN5O3/c1-5-7-17(29-19-11-9-15(25)13-28-19)23-20(16(6-2)24(31)27-3)30-21-18(33-23)10-8-14(12-26)22(21)32-4/h6-11,13,30H,5H2,1-4H3,(H,27,31)(H,28,29)/b16-6+,17-7-. The maximum absolute atomic E-state index is 13.3. The summed E-state index contributed by atoms with van der Waals surface area (Å²) in [5.74, 6) is 0.648. The van der Waals surface area contributed by atoms with Gasteiger partial charge in [-0.25, -0.2) is 9.37 Å². The minimum Gasteiger partial charge on any atom is -0.493 e. The van der Waals surface area contributed by atoms with Gasteiger partial charge >= 0.3 is 0 Å². The van der Waals surface area contributed by atoms with Crippen LogP contribution in [-0.2, 0) is 4.79 Å². The van der Waals surface area contributed by atoms with Gasteiger partial charge < -0.3 is 25.4 Å². The lowest BCUT2D eigenvalue weighted by atomic mass is 10.0. The molecule has 9 heteroatoms. The van der Waals surface area contributed by atoms with Crippen molar-refractivity contribution >= 4 is 17.4 Å². The van der Waals surface area contributed by atoms with E-state index in [1.807, 2.05) is 13.0 Å². The molecule has 8 nitrogen and oxygen atoms in total. The van der Waals surface area contributed by atoms with Gasteiger partial charge in [0.2, 0.25) is 0 Å². The van der Waals surface area contributed by atoms with Crippen molar-refractivity contribution in [1.82, 2.24) is 10.3 Å². The molecule has 2 heterocycles. The largest absolute Gasteiger partial charge is 0.493 e. The number of hydrogen-bond acceptors (Lipinski definition) is 7. The molecule has 0 saturated carbocycles. The fraction of sp³-hybridized carbons (Fsp3) is 0.208. The third kappa shape index (κ3) is 4.80. The number of carbonyl (C=O) groups is 1. The second-order valence-electron chi connectivity index (χ2n) is 6.86. The highest BCUT2D eigenvalue weighted by atomic mass is 19.1. The number of amides is 1. The molecule has 1 aromatic heterocycles. The molecule has 1 amide bonds. The van der Waals surface area contributed by atoms with Gasteiger partial charge in [-0.3, -0.25) is 4.79 Å². The van der Waals surface area contributed by atoms with Crippen molar-refractivity contribution in [3.05, 3.63) is 76.7 Å². The smallest absolute Gasteiger partial charge is 0.252 e. The molecule has 0 unspecified atom stereocenters. The van der Waals surface area contributed by atoms with Crippen molar-refractivity contribution in [3.8, 4) is 17.6 Å². The molecule has 1 aromatic carbocycles. The number of likely N-dealkylation sites (N-methyl/N-ethyl adjacent to an activating group) is 1. The Morgan fingerprint density at radius 2 is 2.15 bits per heavy atom. The molecule has 33 heavy (non-hydrogen) atoms. The Labute approximate surface area is 191 Å². The number of fused-ring (bicyclic) bond motifs is 1. The van der Waals surface area contributed by atoms with Crippen molar-refractivity contribution < 1.29 is 18.7 Å². The molecule has 0 spiro atoms. The van der Waals surface area contributed by atoms with Crippen LogP contribution in [0.4, 0.5) is 15.9 Å². The summed E-state index contributed by atoms with van der Waals surface area (Å²) in [5.41, 5.74) is 1.95. The number of ether oxygens (including phenoxy) is 2. The van der Waals surface area contributed by atoms with Crippen LogP contribution in [0.25, 0.3) is 0 Å². The summed E-state index contributed by atoms with van der Waals surface area (Å²) in [6.07, 6.45) is 5.26. The second kappa shape index (κ2) is 10.3. The molecule has 1 aliphatic heterocycles. The van der Waals surface area contributed by atoms with Crippen LogP contribution in [0, 0.1) is 17.1 Å². The number of carbonyl (C=O) groups excluding carboxylic acids is 1. The Morgan fingerprint density at radius 3 is 2.73 bits per heavy atom.